The molecule has 0 saturated carbocycles. The molecule has 216 valence electrons. The zero-order chi connectivity index (χ0) is 29.1. The number of pyridine rings is 2. The fraction of sp³-hybridized carbons (Fsp3) is 0.281. The summed E-state index contributed by atoms with van der Waals surface area (Å²) < 4.78 is 11.6. The summed E-state index contributed by atoms with van der Waals surface area (Å²) in [5.74, 6) is 1.46. The maximum atomic E-state index is 11.5. The number of amides is 1. The van der Waals surface area contributed by atoms with Crippen LogP contribution in [0.3, 0.4) is 0 Å². The van der Waals surface area contributed by atoms with Crippen molar-refractivity contribution in [2.24, 2.45) is 0 Å². The summed E-state index contributed by atoms with van der Waals surface area (Å²) in [5, 5.41) is 10.8. The minimum absolute atomic E-state index is 0.107. The van der Waals surface area contributed by atoms with Gasteiger partial charge in [-0.25, -0.2) is 4.98 Å². The van der Waals surface area contributed by atoms with E-state index in [4.69, 9.17) is 37.7 Å². The number of nitrogens with zero attached hydrogens (tertiary/aromatic N) is 2. The molecule has 3 N–H and O–H groups in total. The molecule has 0 radical (unpaired) electrons. The summed E-state index contributed by atoms with van der Waals surface area (Å²) in [6, 6.07) is 17.8. The summed E-state index contributed by atoms with van der Waals surface area (Å²) >= 11 is 14.0. The van der Waals surface area contributed by atoms with Crippen molar-refractivity contribution < 1.29 is 14.3 Å². The lowest BCUT2D eigenvalue weighted by Crippen LogP contribution is -2.35. The molecule has 4 aromatic rings. The minimum atomic E-state index is 0.107. The van der Waals surface area contributed by atoms with Crippen molar-refractivity contribution >= 4 is 29.1 Å². The molecule has 2 aromatic heterocycles. The molecule has 1 saturated heterocycles. The van der Waals surface area contributed by atoms with Gasteiger partial charge in [0, 0.05) is 78.2 Å². The molecule has 0 aliphatic carbocycles. The quantitative estimate of drug-likeness (QED) is 0.240. The SMILES string of the molecule is COc1nc(-c2cccc(-c3ccnc(-c4ccc5c(c4)OCCNC5)c3Cl)c2Cl)ccc1CNCC1CCC(=O)N1. The standard InChI is InChI=1S/C32H31Cl2N5O3/c1-41-32-21(17-36-18-22-8-10-28(40)38-22)7-9-26(39-32)25-4-2-3-23(29(25)33)24-11-12-37-31(30(24)34)19-5-6-20-16-35-13-14-42-27(20)15-19/h2-7,9,11-12,15,22,35-36H,8,10,13-14,16-18H2,1H3,(H,38,40). The third-order valence-electron chi connectivity index (χ3n) is 7.57. The highest BCUT2D eigenvalue weighted by Gasteiger charge is 2.21. The second kappa shape index (κ2) is 12.7. The maximum absolute atomic E-state index is 11.5. The summed E-state index contributed by atoms with van der Waals surface area (Å²) in [5.41, 5.74) is 6.56. The van der Waals surface area contributed by atoms with E-state index in [9.17, 15) is 4.79 Å². The predicted octanol–water partition coefficient (Wildman–Crippen LogP) is 5.64. The number of benzene rings is 2. The van der Waals surface area contributed by atoms with Crippen LogP contribution in [0.1, 0.15) is 24.0 Å². The summed E-state index contributed by atoms with van der Waals surface area (Å²) in [4.78, 5) is 20.8. The molecule has 6 rings (SSSR count). The van der Waals surface area contributed by atoms with Crippen LogP contribution in [-0.4, -0.2) is 48.7 Å². The van der Waals surface area contributed by atoms with Crippen LogP contribution in [0.25, 0.3) is 33.6 Å². The second-order valence-corrected chi connectivity index (χ2v) is 11.1. The Morgan fingerprint density at radius 2 is 1.93 bits per heavy atom. The highest BCUT2D eigenvalue weighted by atomic mass is 35.5. The Hall–Kier alpha value is -3.69. The number of carbonyl (C=O) groups is 1. The van der Waals surface area contributed by atoms with Gasteiger partial charge in [0.2, 0.25) is 11.8 Å². The first-order valence-electron chi connectivity index (χ1n) is 14.0. The van der Waals surface area contributed by atoms with Gasteiger partial charge in [-0.1, -0.05) is 59.6 Å². The average Bonchev–Trinajstić information content (AvgIpc) is 3.27. The van der Waals surface area contributed by atoms with Crippen LogP contribution < -0.4 is 25.4 Å². The average molecular weight is 605 g/mol. The van der Waals surface area contributed by atoms with Crippen LogP contribution in [0, 0.1) is 0 Å². The molecule has 1 unspecified atom stereocenters. The molecule has 2 aliphatic rings. The number of fused-ring (bicyclic) bond motifs is 1. The van der Waals surface area contributed by atoms with E-state index in [1.54, 1.807) is 13.3 Å². The first-order valence-corrected chi connectivity index (χ1v) is 14.7. The zero-order valence-corrected chi connectivity index (χ0v) is 24.7. The molecule has 2 aromatic carbocycles. The molecule has 42 heavy (non-hydrogen) atoms. The highest BCUT2D eigenvalue weighted by molar-refractivity contribution is 6.39. The fourth-order valence-corrected chi connectivity index (χ4v) is 6.02. The Balaban J connectivity index is 1.27. The molecule has 8 nitrogen and oxygen atoms in total. The molecular weight excluding hydrogens is 573 g/mol. The van der Waals surface area contributed by atoms with Crippen molar-refractivity contribution in [2.45, 2.75) is 32.0 Å². The van der Waals surface area contributed by atoms with E-state index in [2.05, 4.69) is 20.9 Å². The number of carbonyl (C=O) groups excluding carboxylic acids is 1. The summed E-state index contributed by atoms with van der Waals surface area (Å²) in [7, 11) is 1.60. The Labute approximate surface area is 254 Å². The minimum Gasteiger partial charge on any atom is -0.492 e. The number of methoxy groups -OCH3 is 1. The van der Waals surface area contributed by atoms with E-state index >= 15 is 0 Å². The fourth-order valence-electron chi connectivity index (χ4n) is 5.37. The number of ether oxygens (including phenoxy) is 2. The van der Waals surface area contributed by atoms with E-state index < -0.39 is 0 Å². The largest absolute Gasteiger partial charge is 0.492 e. The van der Waals surface area contributed by atoms with Crippen molar-refractivity contribution in [3.05, 3.63) is 82.0 Å². The summed E-state index contributed by atoms with van der Waals surface area (Å²) in [6.07, 6.45) is 3.17. The predicted molar refractivity (Wildman–Crippen MR) is 165 cm³/mol. The highest BCUT2D eigenvalue weighted by Crippen LogP contribution is 2.42. The van der Waals surface area contributed by atoms with E-state index in [-0.39, 0.29) is 11.9 Å². The van der Waals surface area contributed by atoms with E-state index in [0.717, 1.165) is 58.6 Å². The second-order valence-electron chi connectivity index (χ2n) is 10.3. The van der Waals surface area contributed by atoms with Gasteiger partial charge in [0.1, 0.15) is 12.4 Å². The molecule has 1 fully saturated rings. The smallest absolute Gasteiger partial charge is 0.220 e. The zero-order valence-electron chi connectivity index (χ0n) is 23.2. The lowest BCUT2D eigenvalue weighted by Gasteiger charge is -2.16. The number of hydrogen-bond donors (Lipinski definition) is 3. The van der Waals surface area contributed by atoms with E-state index in [1.165, 1.54) is 0 Å². The third kappa shape index (κ3) is 5.94. The normalized spacial score (nSPS) is 16.4. The Kier molecular flexibility index (Phi) is 8.58. The van der Waals surface area contributed by atoms with Crippen LogP contribution in [-0.2, 0) is 17.9 Å². The lowest BCUT2D eigenvalue weighted by molar-refractivity contribution is -0.119. The van der Waals surface area contributed by atoms with Crippen molar-refractivity contribution in [3.63, 3.8) is 0 Å². The van der Waals surface area contributed by atoms with Crippen molar-refractivity contribution in [1.29, 1.82) is 0 Å². The molecular formula is C32H31Cl2N5O3. The Bertz CT molecular complexity index is 1630. The number of hydrogen-bond acceptors (Lipinski definition) is 7. The van der Waals surface area contributed by atoms with Crippen LogP contribution in [0.15, 0.2) is 60.8 Å². The lowest BCUT2D eigenvalue weighted by atomic mass is 9.99. The Morgan fingerprint density at radius 3 is 2.76 bits per heavy atom. The first kappa shape index (κ1) is 28.4. The first-order chi connectivity index (χ1) is 20.5. The molecule has 1 atom stereocenters. The van der Waals surface area contributed by atoms with Gasteiger partial charge in [0.25, 0.3) is 0 Å². The molecule has 4 heterocycles. The van der Waals surface area contributed by atoms with Crippen molar-refractivity contribution in [1.82, 2.24) is 25.9 Å². The van der Waals surface area contributed by atoms with Crippen LogP contribution in [0.2, 0.25) is 10.0 Å². The van der Waals surface area contributed by atoms with Crippen molar-refractivity contribution in [3.8, 4) is 45.3 Å². The Morgan fingerprint density at radius 1 is 1.07 bits per heavy atom. The van der Waals surface area contributed by atoms with Gasteiger partial charge in [-0.05, 0) is 24.6 Å². The number of aromatic nitrogens is 2. The van der Waals surface area contributed by atoms with Gasteiger partial charge in [-0.2, -0.15) is 0 Å². The van der Waals surface area contributed by atoms with Crippen LogP contribution >= 0.6 is 23.2 Å². The topological polar surface area (TPSA) is 97.4 Å². The van der Waals surface area contributed by atoms with Crippen LogP contribution in [0.4, 0.5) is 0 Å². The molecule has 2 aliphatic heterocycles. The monoisotopic (exact) mass is 603 g/mol. The van der Waals surface area contributed by atoms with E-state index in [1.807, 2.05) is 54.6 Å². The molecule has 1 amide bonds. The van der Waals surface area contributed by atoms with E-state index in [0.29, 0.717) is 53.4 Å². The summed E-state index contributed by atoms with van der Waals surface area (Å²) in [6.45, 7) is 3.42. The molecule has 10 heteroatoms. The van der Waals surface area contributed by atoms with Gasteiger partial charge in [0.15, 0.2) is 0 Å². The van der Waals surface area contributed by atoms with Gasteiger partial charge in [0.05, 0.1) is 28.5 Å². The van der Waals surface area contributed by atoms with Gasteiger partial charge in [-0.3, -0.25) is 9.78 Å². The van der Waals surface area contributed by atoms with Gasteiger partial charge < -0.3 is 25.4 Å². The van der Waals surface area contributed by atoms with Gasteiger partial charge in [-0.15, -0.1) is 0 Å². The van der Waals surface area contributed by atoms with Crippen molar-refractivity contribution in [2.75, 3.05) is 26.8 Å². The number of rotatable bonds is 8. The maximum Gasteiger partial charge on any atom is 0.220 e. The molecule has 0 spiro atoms. The van der Waals surface area contributed by atoms with Gasteiger partial charge >= 0.3 is 0 Å². The molecule has 0 bridgehead atoms. The third-order valence-corrected chi connectivity index (χ3v) is 8.36. The van der Waals surface area contributed by atoms with Crippen LogP contribution in [0.5, 0.6) is 11.6 Å². The number of nitrogens with one attached hydrogen (secondary N) is 3. The number of halogens is 2.